The van der Waals surface area contributed by atoms with Crippen molar-refractivity contribution in [2.45, 2.75) is 48.6 Å². The number of aromatic nitrogens is 7. The molecule has 1 aliphatic heterocycles. The van der Waals surface area contributed by atoms with Crippen LogP contribution in [0.5, 0.6) is 0 Å². The number of halogens is 3. The minimum absolute atomic E-state index is 0.0479. The van der Waals surface area contributed by atoms with Gasteiger partial charge >= 0.3 is 6.18 Å². The second-order valence-corrected chi connectivity index (χ2v) is 6.41. The van der Waals surface area contributed by atoms with Crippen LogP contribution in [-0.4, -0.2) is 34.6 Å². The number of alkyl halides is 3. The van der Waals surface area contributed by atoms with E-state index in [0.717, 1.165) is 38.1 Å². The minimum Gasteiger partial charge on any atom is -0.306 e. The Balaban J connectivity index is 1.69. The lowest BCUT2D eigenvalue weighted by molar-refractivity contribution is -0.146. The van der Waals surface area contributed by atoms with Crippen molar-refractivity contribution in [1.82, 2.24) is 34.6 Å². The molecule has 0 N–H and O–H groups in total. The van der Waals surface area contributed by atoms with E-state index in [-0.39, 0.29) is 5.65 Å². The maximum atomic E-state index is 12.9. The SMILES string of the molecule is FC(F)(F)c1nnc2ccc(Sc3nnc4n3CCCCC4)nn12. The minimum atomic E-state index is -4.61. The summed E-state index contributed by atoms with van der Waals surface area (Å²) in [5, 5.41) is 20.0. The molecule has 24 heavy (non-hydrogen) atoms. The van der Waals surface area contributed by atoms with Crippen LogP contribution in [0, 0.1) is 0 Å². The average molecular weight is 355 g/mol. The second-order valence-electron chi connectivity index (χ2n) is 5.43. The number of nitrogens with zero attached hydrogens (tertiary/aromatic N) is 7. The zero-order valence-electron chi connectivity index (χ0n) is 12.4. The average Bonchev–Trinajstić information content (AvgIpc) is 3.04. The molecule has 0 saturated heterocycles. The van der Waals surface area contributed by atoms with Gasteiger partial charge in [0.25, 0.3) is 5.82 Å². The molecule has 0 spiro atoms. The molecule has 0 unspecified atom stereocenters. The van der Waals surface area contributed by atoms with Gasteiger partial charge in [0.1, 0.15) is 10.9 Å². The lowest BCUT2D eigenvalue weighted by atomic mass is 10.2. The van der Waals surface area contributed by atoms with Crippen LogP contribution in [0.4, 0.5) is 13.2 Å². The van der Waals surface area contributed by atoms with Crippen molar-refractivity contribution < 1.29 is 13.2 Å². The Morgan fingerprint density at radius 2 is 1.88 bits per heavy atom. The molecule has 0 saturated carbocycles. The Hall–Kier alpha value is -2.17. The van der Waals surface area contributed by atoms with Crippen molar-refractivity contribution in [2.24, 2.45) is 0 Å². The summed E-state index contributed by atoms with van der Waals surface area (Å²) in [4.78, 5) is 0. The van der Waals surface area contributed by atoms with E-state index in [9.17, 15) is 13.2 Å². The molecule has 0 aromatic carbocycles. The summed E-state index contributed by atoms with van der Waals surface area (Å²) in [6.07, 6.45) is -0.504. The van der Waals surface area contributed by atoms with Crippen LogP contribution < -0.4 is 0 Å². The van der Waals surface area contributed by atoms with Crippen molar-refractivity contribution in [2.75, 3.05) is 0 Å². The lowest BCUT2D eigenvalue weighted by Crippen LogP contribution is -2.12. The molecule has 4 rings (SSSR count). The highest BCUT2D eigenvalue weighted by Crippen LogP contribution is 2.30. The first-order chi connectivity index (χ1) is 11.5. The second kappa shape index (κ2) is 5.72. The molecule has 0 amide bonds. The largest absolute Gasteiger partial charge is 0.453 e. The summed E-state index contributed by atoms with van der Waals surface area (Å²) >= 11 is 1.19. The zero-order valence-corrected chi connectivity index (χ0v) is 13.2. The first kappa shape index (κ1) is 15.4. The van der Waals surface area contributed by atoms with E-state index in [4.69, 9.17) is 0 Å². The molecule has 126 valence electrons. The van der Waals surface area contributed by atoms with Crippen molar-refractivity contribution >= 4 is 17.4 Å². The van der Waals surface area contributed by atoms with Crippen LogP contribution in [0.2, 0.25) is 0 Å². The van der Waals surface area contributed by atoms with E-state index in [1.807, 2.05) is 4.57 Å². The van der Waals surface area contributed by atoms with Crippen LogP contribution in [0.15, 0.2) is 22.3 Å². The quantitative estimate of drug-likeness (QED) is 0.704. The van der Waals surface area contributed by atoms with E-state index in [0.29, 0.717) is 14.7 Å². The van der Waals surface area contributed by atoms with Gasteiger partial charge in [-0.15, -0.1) is 20.4 Å². The van der Waals surface area contributed by atoms with Crippen molar-refractivity contribution in [1.29, 1.82) is 0 Å². The van der Waals surface area contributed by atoms with Gasteiger partial charge in [0.15, 0.2) is 10.8 Å². The molecule has 0 aliphatic carbocycles. The van der Waals surface area contributed by atoms with E-state index < -0.39 is 12.0 Å². The molecule has 0 fully saturated rings. The van der Waals surface area contributed by atoms with Gasteiger partial charge in [-0.05, 0) is 36.7 Å². The number of hydrogen-bond donors (Lipinski definition) is 0. The maximum Gasteiger partial charge on any atom is 0.453 e. The molecule has 0 bridgehead atoms. The molecule has 4 heterocycles. The van der Waals surface area contributed by atoms with E-state index >= 15 is 0 Å². The fraction of sp³-hybridized carbons (Fsp3) is 0.462. The first-order valence-electron chi connectivity index (χ1n) is 7.42. The Labute approximate surface area is 138 Å². The van der Waals surface area contributed by atoms with Gasteiger partial charge in [-0.2, -0.15) is 22.8 Å². The highest BCUT2D eigenvalue weighted by atomic mass is 32.2. The Morgan fingerprint density at radius 1 is 1.00 bits per heavy atom. The van der Waals surface area contributed by atoms with Crippen LogP contribution in [0.3, 0.4) is 0 Å². The molecule has 3 aromatic heterocycles. The summed E-state index contributed by atoms with van der Waals surface area (Å²) in [7, 11) is 0. The summed E-state index contributed by atoms with van der Waals surface area (Å²) in [6, 6.07) is 3.06. The topological polar surface area (TPSA) is 73.8 Å². The number of hydrogen-bond acceptors (Lipinski definition) is 6. The van der Waals surface area contributed by atoms with Gasteiger partial charge in [-0.3, -0.25) is 0 Å². The molecule has 0 radical (unpaired) electrons. The van der Waals surface area contributed by atoms with Crippen molar-refractivity contribution in [3.05, 3.63) is 23.8 Å². The highest BCUT2D eigenvalue weighted by molar-refractivity contribution is 7.99. The molecule has 0 atom stereocenters. The maximum absolute atomic E-state index is 12.9. The number of aryl methyl sites for hydroxylation is 1. The van der Waals surface area contributed by atoms with Gasteiger partial charge in [0.2, 0.25) is 0 Å². The molecular formula is C13H12F3N7S. The van der Waals surface area contributed by atoms with Crippen LogP contribution in [0.1, 0.15) is 30.9 Å². The predicted molar refractivity (Wildman–Crippen MR) is 77.5 cm³/mol. The molecular weight excluding hydrogens is 343 g/mol. The predicted octanol–water partition coefficient (Wildman–Crippen LogP) is 2.61. The standard InChI is InChI=1S/C13H12F3N7S/c14-13(15,16)11-19-18-9-5-6-10(21-23(9)11)24-12-20-17-8-4-2-1-3-7-22(8)12/h5-6H,1-4,7H2. The van der Waals surface area contributed by atoms with Gasteiger partial charge in [-0.25, -0.2) is 0 Å². The molecule has 7 nitrogen and oxygen atoms in total. The Kier molecular flexibility index (Phi) is 3.66. The smallest absolute Gasteiger partial charge is 0.306 e. The fourth-order valence-electron chi connectivity index (χ4n) is 2.63. The van der Waals surface area contributed by atoms with Crippen LogP contribution >= 0.6 is 11.8 Å². The van der Waals surface area contributed by atoms with Gasteiger partial charge in [0, 0.05) is 13.0 Å². The molecule has 3 aromatic rings. The normalized spacial score (nSPS) is 15.5. The van der Waals surface area contributed by atoms with Crippen LogP contribution in [0.25, 0.3) is 5.65 Å². The molecule has 11 heteroatoms. The van der Waals surface area contributed by atoms with Gasteiger partial charge in [0.05, 0.1) is 0 Å². The highest BCUT2D eigenvalue weighted by Gasteiger charge is 2.37. The van der Waals surface area contributed by atoms with Crippen molar-refractivity contribution in [3.63, 3.8) is 0 Å². The fourth-order valence-corrected chi connectivity index (χ4v) is 3.46. The summed E-state index contributed by atoms with van der Waals surface area (Å²) in [5.41, 5.74) is 0.0479. The molecule has 1 aliphatic rings. The Morgan fingerprint density at radius 3 is 2.71 bits per heavy atom. The Bertz CT molecular complexity index is 885. The zero-order chi connectivity index (χ0) is 16.7. The van der Waals surface area contributed by atoms with Gasteiger partial charge < -0.3 is 4.57 Å². The number of fused-ring (bicyclic) bond motifs is 2. The number of rotatable bonds is 2. The van der Waals surface area contributed by atoms with E-state index in [1.165, 1.54) is 17.8 Å². The third-order valence-corrected chi connectivity index (χ3v) is 4.67. The summed E-state index contributed by atoms with van der Waals surface area (Å²) < 4.78 is 41.5. The lowest BCUT2D eigenvalue weighted by Gasteiger charge is -2.07. The van der Waals surface area contributed by atoms with Gasteiger partial charge in [-0.1, -0.05) is 6.42 Å². The summed E-state index contributed by atoms with van der Waals surface area (Å²) in [5.74, 6) is -0.226. The first-order valence-corrected chi connectivity index (χ1v) is 8.23. The van der Waals surface area contributed by atoms with E-state index in [2.05, 4.69) is 25.5 Å². The third-order valence-electron chi connectivity index (χ3n) is 3.76. The third kappa shape index (κ3) is 2.72. The van der Waals surface area contributed by atoms with Crippen molar-refractivity contribution in [3.8, 4) is 0 Å². The van der Waals surface area contributed by atoms with Crippen LogP contribution in [-0.2, 0) is 19.1 Å². The monoisotopic (exact) mass is 355 g/mol. The van der Waals surface area contributed by atoms with E-state index in [1.54, 1.807) is 6.07 Å². The summed E-state index contributed by atoms with van der Waals surface area (Å²) in [6.45, 7) is 0.813.